The van der Waals surface area contributed by atoms with Crippen molar-refractivity contribution in [2.24, 2.45) is 0 Å². The molecule has 1 aromatic rings. The summed E-state index contributed by atoms with van der Waals surface area (Å²) >= 11 is 0. The molecule has 0 radical (unpaired) electrons. The summed E-state index contributed by atoms with van der Waals surface area (Å²) < 4.78 is 43.7. The van der Waals surface area contributed by atoms with Crippen molar-refractivity contribution in [1.82, 2.24) is 4.31 Å². The predicted molar refractivity (Wildman–Crippen MR) is 77.6 cm³/mol. The highest BCUT2D eigenvalue weighted by Crippen LogP contribution is 2.24. The summed E-state index contributed by atoms with van der Waals surface area (Å²) in [6, 6.07) is 5.45. The van der Waals surface area contributed by atoms with E-state index in [1.54, 1.807) is 25.1 Å². The third-order valence-electron chi connectivity index (χ3n) is 3.35. The Bertz CT molecular complexity index is 588. The molecule has 0 heterocycles. The lowest BCUT2D eigenvalue weighted by atomic mass is 10.1. The van der Waals surface area contributed by atoms with E-state index in [-0.39, 0.29) is 18.6 Å². The Labute approximate surface area is 124 Å². The number of esters is 1. The lowest BCUT2D eigenvalue weighted by Crippen LogP contribution is -2.32. The lowest BCUT2D eigenvalue weighted by molar-refractivity contribution is -0.140. The minimum Gasteiger partial charge on any atom is -0.469 e. The van der Waals surface area contributed by atoms with Crippen molar-refractivity contribution in [2.45, 2.75) is 25.8 Å². The van der Waals surface area contributed by atoms with Crippen LogP contribution in [0.25, 0.3) is 0 Å². The normalized spacial score (nSPS) is 13.2. The molecule has 21 heavy (non-hydrogen) atoms. The number of nitrogens with zero attached hydrogens (tertiary/aromatic N) is 1. The molecule has 0 bridgehead atoms. The first-order valence-corrected chi connectivity index (χ1v) is 8.17. The van der Waals surface area contributed by atoms with E-state index in [9.17, 15) is 17.6 Å². The third kappa shape index (κ3) is 4.78. The van der Waals surface area contributed by atoms with Crippen molar-refractivity contribution < 1.29 is 22.3 Å². The zero-order valence-corrected chi connectivity index (χ0v) is 13.2. The number of halogens is 1. The molecular weight excluding hydrogens is 297 g/mol. The molecule has 0 fully saturated rings. The first kappa shape index (κ1) is 17.6. The second-order valence-electron chi connectivity index (χ2n) is 4.71. The smallest absolute Gasteiger partial charge is 0.305 e. The summed E-state index contributed by atoms with van der Waals surface area (Å²) in [6.07, 6.45) is 0.209. The second-order valence-corrected chi connectivity index (χ2v) is 6.86. The minimum absolute atomic E-state index is 0.0393. The minimum atomic E-state index is -3.57. The Morgan fingerprint density at radius 2 is 2.00 bits per heavy atom. The van der Waals surface area contributed by atoms with Crippen LogP contribution in [0.3, 0.4) is 0 Å². The van der Waals surface area contributed by atoms with Crippen molar-refractivity contribution in [3.8, 4) is 0 Å². The number of carbonyl (C=O) groups excluding carboxylic acids is 1. The third-order valence-corrected chi connectivity index (χ3v) is 5.35. The maximum absolute atomic E-state index is 13.7. The second kappa shape index (κ2) is 7.51. The van der Waals surface area contributed by atoms with Gasteiger partial charge < -0.3 is 4.74 Å². The summed E-state index contributed by atoms with van der Waals surface area (Å²) in [7, 11) is -0.909. The van der Waals surface area contributed by atoms with Gasteiger partial charge in [-0.15, -0.1) is 0 Å². The lowest BCUT2D eigenvalue weighted by Gasteiger charge is -2.25. The molecule has 1 aromatic carbocycles. The van der Waals surface area contributed by atoms with Crippen LogP contribution in [-0.2, 0) is 19.6 Å². The Morgan fingerprint density at radius 3 is 2.57 bits per heavy atom. The molecule has 0 saturated heterocycles. The highest BCUT2D eigenvalue weighted by Gasteiger charge is 2.25. The summed E-state index contributed by atoms with van der Waals surface area (Å²) in [5.74, 6) is -1.08. The van der Waals surface area contributed by atoms with Crippen LogP contribution in [0, 0.1) is 5.82 Å². The fraction of sp³-hybridized carbons (Fsp3) is 0.500. The van der Waals surface area contributed by atoms with E-state index in [1.165, 1.54) is 20.2 Å². The van der Waals surface area contributed by atoms with Crippen molar-refractivity contribution in [1.29, 1.82) is 0 Å². The molecule has 0 aliphatic carbocycles. The van der Waals surface area contributed by atoms with Crippen molar-refractivity contribution in [3.63, 3.8) is 0 Å². The molecule has 0 aliphatic heterocycles. The molecule has 7 heteroatoms. The molecule has 0 aliphatic rings. The van der Waals surface area contributed by atoms with Gasteiger partial charge in [-0.25, -0.2) is 12.8 Å². The average Bonchev–Trinajstić information content (AvgIpc) is 2.45. The van der Waals surface area contributed by atoms with E-state index in [2.05, 4.69) is 4.74 Å². The largest absolute Gasteiger partial charge is 0.469 e. The first-order valence-electron chi connectivity index (χ1n) is 6.56. The zero-order valence-electron chi connectivity index (χ0n) is 12.4. The van der Waals surface area contributed by atoms with Crippen molar-refractivity contribution in [3.05, 3.63) is 35.6 Å². The highest BCUT2D eigenvalue weighted by molar-refractivity contribution is 7.89. The standard InChI is InChI=1S/C14H20FNO4S/c1-11(12-7-4-5-8-13(12)15)16(2)21(18,19)10-6-9-14(17)20-3/h4-5,7-8,11H,6,9-10H2,1-3H3. The highest BCUT2D eigenvalue weighted by atomic mass is 32.2. The number of rotatable bonds is 7. The summed E-state index contributed by atoms with van der Waals surface area (Å²) in [6.45, 7) is 1.62. The number of benzene rings is 1. The molecule has 1 atom stereocenters. The maximum atomic E-state index is 13.7. The number of sulfonamides is 1. The van der Waals surface area contributed by atoms with E-state index in [0.29, 0.717) is 5.56 Å². The van der Waals surface area contributed by atoms with Crippen LogP contribution >= 0.6 is 0 Å². The number of carbonyl (C=O) groups is 1. The van der Waals surface area contributed by atoms with Crippen LogP contribution in [0.15, 0.2) is 24.3 Å². The Kier molecular flexibility index (Phi) is 6.29. The summed E-state index contributed by atoms with van der Waals surface area (Å²) in [5, 5.41) is 0. The Hall–Kier alpha value is -1.47. The molecule has 1 unspecified atom stereocenters. The van der Waals surface area contributed by atoms with E-state index in [1.807, 2.05) is 0 Å². The van der Waals surface area contributed by atoms with Gasteiger partial charge in [0.2, 0.25) is 10.0 Å². The van der Waals surface area contributed by atoms with Crippen molar-refractivity contribution >= 4 is 16.0 Å². The van der Waals surface area contributed by atoms with Gasteiger partial charge in [0, 0.05) is 25.1 Å². The Balaban J connectivity index is 2.74. The van der Waals surface area contributed by atoms with Gasteiger partial charge in [0.25, 0.3) is 0 Å². The quantitative estimate of drug-likeness (QED) is 0.723. The zero-order chi connectivity index (χ0) is 16.0. The van der Waals surface area contributed by atoms with Gasteiger partial charge in [-0.3, -0.25) is 4.79 Å². The number of hydrogen-bond donors (Lipinski definition) is 0. The predicted octanol–water partition coefficient (Wildman–Crippen LogP) is 2.10. The molecule has 0 saturated carbocycles. The monoisotopic (exact) mass is 317 g/mol. The van der Waals surface area contributed by atoms with Crippen LogP contribution in [-0.4, -0.2) is 38.6 Å². The van der Waals surface area contributed by atoms with Gasteiger partial charge >= 0.3 is 5.97 Å². The molecule has 0 spiro atoms. The summed E-state index contributed by atoms with van der Waals surface area (Å²) in [5.41, 5.74) is 0.316. The number of ether oxygens (including phenoxy) is 1. The molecule has 0 N–H and O–H groups in total. The van der Waals surface area contributed by atoms with Crippen LogP contribution in [0.5, 0.6) is 0 Å². The SMILES string of the molecule is COC(=O)CCCS(=O)(=O)N(C)C(C)c1ccccc1F. The van der Waals surface area contributed by atoms with Gasteiger partial charge in [0.15, 0.2) is 0 Å². The summed E-state index contributed by atoms with van der Waals surface area (Å²) in [4.78, 5) is 11.0. The van der Waals surface area contributed by atoms with Crippen LogP contribution in [0.2, 0.25) is 0 Å². The van der Waals surface area contributed by atoms with Crippen LogP contribution in [0.1, 0.15) is 31.4 Å². The molecule has 0 amide bonds. The van der Waals surface area contributed by atoms with Crippen molar-refractivity contribution in [2.75, 3.05) is 19.9 Å². The maximum Gasteiger partial charge on any atom is 0.305 e. The number of methoxy groups -OCH3 is 1. The van der Waals surface area contributed by atoms with Gasteiger partial charge in [-0.05, 0) is 19.4 Å². The topological polar surface area (TPSA) is 63.7 Å². The van der Waals surface area contributed by atoms with Gasteiger partial charge in [-0.2, -0.15) is 4.31 Å². The number of hydrogen-bond acceptors (Lipinski definition) is 4. The first-order chi connectivity index (χ1) is 9.79. The van der Waals surface area contributed by atoms with Crippen LogP contribution < -0.4 is 0 Å². The van der Waals surface area contributed by atoms with Gasteiger partial charge in [-0.1, -0.05) is 18.2 Å². The average molecular weight is 317 g/mol. The fourth-order valence-electron chi connectivity index (χ4n) is 1.90. The Morgan fingerprint density at radius 1 is 1.38 bits per heavy atom. The molecule has 5 nitrogen and oxygen atoms in total. The van der Waals surface area contributed by atoms with Gasteiger partial charge in [0.1, 0.15) is 5.82 Å². The van der Waals surface area contributed by atoms with Gasteiger partial charge in [0.05, 0.1) is 12.9 Å². The van der Waals surface area contributed by atoms with E-state index >= 15 is 0 Å². The van der Waals surface area contributed by atoms with E-state index in [0.717, 1.165) is 4.31 Å². The van der Waals surface area contributed by atoms with E-state index in [4.69, 9.17) is 0 Å². The molecular formula is C14H20FNO4S. The molecule has 1 rings (SSSR count). The fourth-order valence-corrected chi connectivity index (χ4v) is 3.29. The molecule has 118 valence electrons. The van der Waals surface area contributed by atoms with E-state index < -0.39 is 27.9 Å². The molecule has 0 aromatic heterocycles. The van der Waals surface area contributed by atoms with Crippen LogP contribution in [0.4, 0.5) is 4.39 Å².